The maximum absolute atomic E-state index is 4.87. The van der Waals surface area contributed by atoms with Crippen LogP contribution in [0.4, 0.5) is 5.82 Å². The van der Waals surface area contributed by atoms with Gasteiger partial charge in [-0.3, -0.25) is 4.48 Å². The van der Waals surface area contributed by atoms with Crippen LogP contribution in [0.2, 0.25) is 0 Å². The van der Waals surface area contributed by atoms with E-state index < -0.39 is 0 Å². The van der Waals surface area contributed by atoms with E-state index in [1.807, 2.05) is 12.1 Å². The van der Waals surface area contributed by atoms with Gasteiger partial charge in [0.05, 0.1) is 33.0 Å². The van der Waals surface area contributed by atoms with Gasteiger partial charge in [0.2, 0.25) is 5.82 Å². The van der Waals surface area contributed by atoms with Crippen LogP contribution in [-0.4, -0.2) is 53.6 Å². The molecule has 2 aromatic heterocycles. The minimum atomic E-state index is 0. The fourth-order valence-electron chi connectivity index (χ4n) is 2.81. The minimum absolute atomic E-state index is 0. The summed E-state index contributed by atoms with van der Waals surface area (Å²) in [6.45, 7) is 0. The van der Waals surface area contributed by atoms with Crippen LogP contribution >= 0.6 is 0 Å². The number of benzene rings is 2. The van der Waals surface area contributed by atoms with Gasteiger partial charge in [0, 0.05) is 5.52 Å². The first-order valence-corrected chi connectivity index (χ1v) is 7.08. The van der Waals surface area contributed by atoms with Crippen molar-refractivity contribution in [3.05, 3.63) is 54.7 Å². The summed E-state index contributed by atoms with van der Waals surface area (Å²) in [7, 11) is 6.40. The fraction of sp³-hybridized carbons (Fsp3) is 0.167. The number of fused-ring (bicyclic) bond motifs is 6. The summed E-state index contributed by atoms with van der Waals surface area (Å²) in [5.74, 6) is 1.05. The molecule has 4 rings (SSSR count). The van der Waals surface area contributed by atoms with E-state index in [4.69, 9.17) is 4.98 Å². The van der Waals surface area contributed by atoms with Crippen molar-refractivity contribution in [2.24, 2.45) is 0 Å². The molecule has 5 heteroatoms. The standard InChI is InChI=1S/C18H17N3.HI.Mg/c1-21(2,3)17-12-20-16-11-7-6-9-14(16)13-8-4-5-10-15(13)18(20)19-17;;/h4-9,11-12H,1-3H3;1H;/q;;+2/p-1. The third-order valence-electron chi connectivity index (χ3n) is 3.91. The smallest absolute Gasteiger partial charge is 1.00 e. The van der Waals surface area contributed by atoms with Gasteiger partial charge in [-0.2, -0.15) is 0 Å². The Kier molecular flexibility index (Phi) is 5.25. The summed E-state index contributed by atoms with van der Waals surface area (Å²) in [5, 5.41) is 3.53. The summed E-state index contributed by atoms with van der Waals surface area (Å²) < 4.78 is 2.89. The molecule has 0 saturated heterocycles. The molecule has 4 aromatic rings. The predicted molar refractivity (Wildman–Crippen MR) is 94.4 cm³/mol. The number of halogens is 1. The van der Waals surface area contributed by atoms with Crippen molar-refractivity contribution in [2.75, 3.05) is 21.1 Å². The van der Waals surface area contributed by atoms with E-state index in [1.165, 1.54) is 16.3 Å². The van der Waals surface area contributed by atoms with Crippen molar-refractivity contribution < 1.29 is 24.0 Å². The number of nitrogens with zero attached hydrogens (tertiary/aromatic N) is 3. The average Bonchev–Trinajstić information content (AvgIpc) is 2.93. The van der Waals surface area contributed by atoms with Crippen LogP contribution < -0.4 is 28.5 Å². The fourth-order valence-corrected chi connectivity index (χ4v) is 2.81. The van der Waals surface area contributed by atoms with Gasteiger partial charge in [0.15, 0.2) is 0 Å². The van der Waals surface area contributed by atoms with Crippen LogP contribution in [0.5, 0.6) is 0 Å². The Hall–Kier alpha value is -0.894. The molecule has 3 nitrogen and oxygen atoms in total. The van der Waals surface area contributed by atoms with Gasteiger partial charge in [0.1, 0.15) is 0 Å². The normalized spacial score (nSPS) is 11.4. The van der Waals surface area contributed by atoms with Crippen molar-refractivity contribution in [3.63, 3.8) is 0 Å². The van der Waals surface area contributed by atoms with E-state index in [-0.39, 0.29) is 47.0 Å². The third-order valence-corrected chi connectivity index (χ3v) is 3.91. The molecule has 0 unspecified atom stereocenters. The summed E-state index contributed by atoms with van der Waals surface area (Å²) in [5.41, 5.74) is 2.17. The van der Waals surface area contributed by atoms with E-state index >= 15 is 0 Å². The van der Waals surface area contributed by atoms with Crippen molar-refractivity contribution in [3.8, 4) is 0 Å². The first-order valence-electron chi connectivity index (χ1n) is 7.08. The number of rotatable bonds is 1. The summed E-state index contributed by atoms with van der Waals surface area (Å²) >= 11 is 0. The molecule has 0 aliphatic carbocycles. The van der Waals surface area contributed by atoms with Crippen LogP contribution in [0, 0.1) is 6.07 Å². The zero-order valence-electron chi connectivity index (χ0n) is 13.5. The molecule has 0 aliphatic heterocycles. The number of pyridine rings is 1. The van der Waals surface area contributed by atoms with E-state index in [1.54, 1.807) is 0 Å². The first-order chi connectivity index (χ1) is 10.1. The molecule has 0 atom stereocenters. The van der Waals surface area contributed by atoms with Crippen LogP contribution in [0.1, 0.15) is 0 Å². The van der Waals surface area contributed by atoms with Gasteiger partial charge in [-0.05, 0) is 11.5 Å². The maximum atomic E-state index is 4.87. The summed E-state index contributed by atoms with van der Waals surface area (Å²) in [6.07, 6.45) is 2.14. The largest absolute Gasteiger partial charge is 2.00 e. The van der Waals surface area contributed by atoms with Gasteiger partial charge < -0.3 is 28.4 Å². The van der Waals surface area contributed by atoms with E-state index in [2.05, 4.69) is 68.1 Å². The average molecular weight is 427 g/mol. The number of quaternary nitrogens is 1. The number of hydrogen-bond acceptors (Lipinski definition) is 1. The monoisotopic (exact) mass is 426 g/mol. The Morgan fingerprint density at radius 2 is 1.70 bits per heavy atom. The van der Waals surface area contributed by atoms with Crippen LogP contribution in [0.15, 0.2) is 48.7 Å². The van der Waals surface area contributed by atoms with Crippen LogP contribution in [-0.2, 0) is 0 Å². The second-order valence-corrected chi connectivity index (χ2v) is 6.28. The van der Waals surface area contributed by atoms with Gasteiger partial charge in [-0.1, -0.05) is 29.0 Å². The molecule has 0 radical (unpaired) electrons. The van der Waals surface area contributed by atoms with E-state index in [0.717, 1.165) is 16.9 Å². The second kappa shape index (κ2) is 6.54. The molecule has 23 heavy (non-hydrogen) atoms. The Morgan fingerprint density at radius 3 is 2.43 bits per heavy atom. The van der Waals surface area contributed by atoms with Crippen LogP contribution in [0.3, 0.4) is 0 Å². The van der Waals surface area contributed by atoms with Gasteiger partial charge in [0.25, 0.3) is 0 Å². The molecule has 0 bridgehead atoms. The zero-order chi connectivity index (χ0) is 14.6. The number of para-hydroxylation sites is 1. The predicted octanol–water partition coefficient (Wildman–Crippen LogP) is 0.261. The van der Waals surface area contributed by atoms with E-state index in [0.29, 0.717) is 4.48 Å². The second-order valence-electron chi connectivity index (χ2n) is 6.28. The molecule has 0 aliphatic rings. The van der Waals surface area contributed by atoms with Crippen molar-refractivity contribution in [1.82, 2.24) is 13.9 Å². The molecule has 112 valence electrons. The topological polar surface area (TPSA) is 17.3 Å². The first kappa shape index (κ1) is 18.4. The van der Waals surface area contributed by atoms with Gasteiger partial charge >= 0.3 is 23.1 Å². The quantitative estimate of drug-likeness (QED) is 0.140. The Balaban J connectivity index is 0.000000960. The van der Waals surface area contributed by atoms with Crippen molar-refractivity contribution in [2.45, 2.75) is 0 Å². The van der Waals surface area contributed by atoms with Gasteiger partial charge in [-0.15, -0.1) is 24.3 Å². The Morgan fingerprint density at radius 1 is 1.00 bits per heavy atom. The number of aromatic nitrogens is 2. The number of imidazole rings is 1. The third kappa shape index (κ3) is 2.95. The van der Waals surface area contributed by atoms with Gasteiger partial charge in [-0.25, -0.2) is 4.98 Å². The molecule has 2 aromatic carbocycles. The molecule has 2 heterocycles. The molecular weight excluding hydrogens is 409 g/mol. The molecule has 0 N–H and O–H groups in total. The van der Waals surface area contributed by atoms with Crippen molar-refractivity contribution >= 4 is 56.2 Å². The Labute approximate surface area is 169 Å². The van der Waals surface area contributed by atoms with Crippen LogP contribution in [0.25, 0.3) is 27.3 Å². The van der Waals surface area contributed by atoms with Crippen molar-refractivity contribution in [1.29, 1.82) is 0 Å². The molecular formula is C18H17IMgN3+. The number of hydrogen-bond donors (Lipinski definition) is 0. The molecule has 0 spiro atoms. The summed E-state index contributed by atoms with van der Waals surface area (Å²) in [4.78, 5) is 4.87. The zero-order valence-corrected chi connectivity index (χ0v) is 17.1. The maximum Gasteiger partial charge on any atom is 2.00 e. The molecule has 0 saturated carbocycles. The molecule has 0 amide bonds. The van der Waals surface area contributed by atoms with E-state index in [9.17, 15) is 0 Å². The molecule has 0 fully saturated rings. The minimum Gasteiger partial charge on any atom is -1.00 e. The summed E-state index contributed by atoms with van der Waals surface area (Å²) in [6, 6.07) is 18.0. The SMILES string of the molecule is C[N+](C)(C)c1cn2c3ccccc3c3ccc[c-]c3c2n1.[I-].[Mg+2]. The Bertz CT molecular complexity index is 913.